The van der Waals surface area contributed by atoms with Crippen molar-refractivity contribution in [3.63, 3.8) is 0 Å². The molecule has 0 saturated carbocycles. The van der Waals surface area contributed by atoms with Gasteiger partial charge in [-0.15, -0.1) is 0 Å². The maximum absolute atomic E-state index is 12.3. The number of aromatic nitrogens is 1. The van der Waals surface area contributed by atoms with Gasteiger partial charge in [-0.25, -0.2) is 0 Å². The van der Waals surface area contributed by atoms with E-state index in [0.29, 0.717) is 22.8 Å². The summed E-state index contributed by atoms with van der Waals surface area (Å²) in [6.07, 6.45) is 2.39. The number of halogens is 1. The van der Waals surface area contributed by atoms with Crippen LogP contribution in [0.5, 0.6) is 0 Å². The summed E-state index contributed by atoms with van der Waals surface area (Å²) in [5.74, 6) is -0.131. The standard InChI is InChI=1S/C16H18ClN3O/c1-2-15(11-3-5-13(17)6-4-11)20-16(21)12-7-8-19-14(9-12)10-18/h3-9,15H,2,10,18H2,1H3,(H,20,21). The predicted molar refractivity (Wildman–Crippen MR) is 84.1 cm³/mol. The quantitative estimate of drug-likeness (QED) is 0.892. The number of benzene rings is 1. The van der Waals surface area contributed by atoms with E-state index < -0.39 is 0 Å². The number of carbonyl (C=O) groups excluding carboxylic acids is 1. The lowest BCUT2D eigenvalue weighted by molar-refractivity contribution is 0.0935. The molecule has 0 spiro atoms. The van der Waals surface area contributed by atoms with Crippen molar-refractivity contribution in [2.75, 3.05) is 0 Å². The van der Waals surface area contributed by atoms with E-state index >= 15 is 0 Å². The molecule has 21 heavy (non-hydrogen) atoms. The molecule has 0 fully saturated rings. The van der Waals surface area contributed by atoms with E-state index in [9.17, 15) is 4.79 Å². The number of carbonyl (C=O) groups is 1. The fraction of sp³-hybridized carbons (Fsp3) is 0.250. The van der Waals surface area contributed by atoms with Gasteiger partial charge in [0.25, 0.3) is 5.91 Å². The highest BCUT2D eigenvalue weighted by molar-refractivity contribution is 6.30. The van der Waals surface area contributed by atoms with Gasteiger partial charge >= 0.3 is 0 Å². The molecule has 4 nitrogen and oxygen atoms in total. The van der Waals surface area contributed by atoms with Gasteiger partial charge < -0.3 is 11.1 Å². The molecule has 0 bridgehead atoms. The van der Waals surface area contributed by atoms with Gasteiger partial charge in [0.05, 0.1) is 11.7 Å². The molecule has 0 saturated heterocycles. The van der Waals surface area contributed by atoms with E-state index in [0.717, 1.165) is 12.0 Å². The van der Waals surface area contributed by atoms with Crippen LogP contribution < -0.4 is 11.1 Å². The molecule has 1 amide bonds. The third-order valence-electron chi connectivity index (χ3n) is 3.27. The maximum Gasteiger partial charge on any atom is 0.251 e. The van der Waals surface area contributed by atoms with Gasteiger partial charge in [0.2, 0.25) is 0 Å². The van der Waals surface area contributed by atoms with Crippen molar-refractivity contribution in [1.29, 1.82) is 0 Å². The number of pyridine rings is 1. The molecule has 1 heterocycles. The van der Waals surface area contributed by atoms with E-state index in [2.05, 4.69) is 10.3 Å². The number of rotatable bonds is 5. The van der Waals surface area contributed by atoms with E-state index in [1.54, 1.807) is 18.3 Å². The topological polar surface area (TPSA) is 68.0 Å². The molecular weight excluding hydrogens is 286 g/mol. The molecular formula is C16H18ClN3O. The lowest BCUT2D eigenvalue weighted by atomic mass is 10.0. The Bertz CT molecular complexity index is 613. The highest BCUT2D eigenvalue weighted by Gasteiger charge is 2.14. The molecule has 3 N–H and O–H groups in total. The first kappa shape index (κ1) is 15.5. The number of hydrogen-bond acceptors (Lipinski definition) is 3. The summed E-state index contributed by atoms with van der Waals surface area (Å²) >= 11 is 5.89. The Balaban J connectivity index is 2.14. The first-order valence-corrected chi connectivity index (χ1v) is 7.23. The average Bonchev–Trinajstić information content (AvgIpc) is 2.53. The third kappa shape index (κ3) is 4.03. The van der Waals surface area contributed by atoms with Crippen molar-refractivity contribution in [2.24, 2.45) is 5.73 Å². The third-order valence-corrected chi connectivity index (χ3v) is 3.53. The number of nitrogens with two attached hydrogens (primary N) is 1. The van der Waals surface area contributed by atoms with Crippen LogP contribution in [0.3, 0.4) is 0 Å². The molecule has 1 aromatic carbocycles. The highest BCUT2D eigenvalue weighted by Crippen LogP contribution is 2.19. The summed E-state index contributed by atoms with van der Waals surface area (Å²) in [6.45, 7) is 2.34. The highest BCUT2D eigenvalue weighted by atomic mass is 35.5. The first-order chi connectivity index (χ1) is 10.1. The Morgan fingerprint density at radius 1 is 1.33 bits per heavy atom. The average molecular weight is 304 g/mol. The largest absolute Gasteiger partial charge is 0.345 e. The molecule has 2 aromatic rings. The Labute approximate surface area is 129 Å². The Morgan fingerprint density at radius 2 is 2.05 bits per heavy atom. The van der Waals surface area contributed by atoms with Crippen LogP contribution in [0.15, 0.2) is 42.6 Å². The number of nitrogens with zero attached hydrogens (tertiary/aromatic N) is 1. The van der Waals surface area contributed by atoms with Crippen LogP contribution in [0.4, 0.5) is 0 Å². The van der Waals surface area contributed by atoms with Crippen LogP contribution in [0.2, 0.25) is 5.02 Å². The molecule has 110 valence electrons. The van der Waals surface area contributed by atoms with Crippen molar-refractivity contribution in [3.05, 3.63) is 64.4 Å². The monoisotopic (exact) mass is 303 g/mol. The summed E-state index contributed by atoms with van der Waals surface area (Å²) in [7, 11) is 0. The molecule has 1 atom stereocenters. The van der Waals surface area contributed by atoms with Crippen molar-refractivity contribution in [3.8, 4) is 0 Å². The SMILES string of the molecule is CCC(NC(=O)c1ccnc(CN)c1)c1ccc(Cl)cc1. The van der Waals surface area contributed by atoms with Gasteiger partial charge in [-0.05, 0) is 36.2 Å². The summed E-state index contributed by atoms with van der Waals surface area (Å²) < 4.78 is 0. The van der Waals surface area contributed by atoms with Crippen molar-refractivity contribution in [2.45, 2.75) is 25.9 Å². The van der Waals surface area contributed by atoms with Crippen LogP contribution in [-0.2, 0) is 6.54 Å². The number of nitrogens with one attached hydrogen (secondary N) is 1. The molecule has 0 aliphatic rings. The van der Waals surface area contributed by atoms with Crippen LogP contribution in [0.1, 0.15) is 41.0 Å². The smallest absolute Gasteiger partial charge is 0.251 e. The zero-order valence-corrected chi connectivity index (χ0v) is 12.6. The van der Waals surface area contributed by atoms with E-state index in [1.807, 2.05) is 31.2 Å². The summed E-state index contributed by atoms with van der Waals surface area (Å²) in [5.41, 5.74) is 7.84. The lowest BCUT2D eigenvalue weighted by Gasteiger charge is -2.17. The summed E-state index contributed by atoms with van der Waals surface area (Å²) in [5, 5.41) is 3.70. The van der Waals surface area contributed by atoms with Gasteiger partial charge in [0.1, 0.15) is 0 Å². The fourth-order valence-electron chi connectivity index (χ4n) is 2.09. The second kappa shape index (κ2) is 7.20. The molecule has 0 radical (unpaired) electrons. The van der Waals surface area contributed by atoms with Gasteiger partial charge in [-0.1, -0.05) is 30.7 Å². The molecule has 1 aromatic heterocycles. The zero-order chi connectivity index (χ0) is 15.2. The molecule has 5 heteroatoms. The van der Waals surface area contributed by atoms with Crippen LogP contribution in [0, 0.1) is 0 Å². The minimum absolute atomic E-state index is 0.0516. The molecule has 0 aliphatic carbocycles. The van der Waals surface area contributed by atoms with E-state index in [1.165, 1.54) is 0 Å². The molecule has 0 aliphatic heterocycles. The van der Waals surface area contributed by atoms with Crippen LogP contribution >= 0.6 is 11.6 Å². The second-order valence-electron chi connectivity index (χ2n) is 4.73. The second-order valence-corrected chi connectivity index (χ2v) is 5.16. The maximum atomic E-state index is 12.3. The first-order valence-electron chi connectivity index (χ1n) is 6.85. The van der Waals surface area contributed by atoms with Crippen molar-refractivity contribution in [1.82, 2.24) is 10.3 Å². The number of amides is 1. The Hall–Kier alpha value is -1.91. The normalized spacial score (nSPS) is 12.0. The van der Waals surface area contributed by atoms with Crippen molar-refractivity contribution < 1.29 is 4.79 Å². The molecule has 1 unspecified atom stereocenters. The zero-order valence-electron chi connectivity index (χ0n) is 11.8. The van der Waals surface area contributed by atoms with Crippen LogP contribution in [0.25, 0.3) is 0 Å². The van der Waals surface area contributed by atoms with Gasteiger partial charge in [-0.2, -0.15) is 0 Å². The summed E-state index contributed by atoms with van der Waals surface area (Å²) in [6, 6.07) is 10.8. The predicted octanol–water partition coefficient (Wildman–Crippen LogP) is 3.07. The lowest BCUT2D eigenvalue weighted by Crippen LogP contribution is -2.28. The summed E-state index contributed by atoms with van der Waals surface area (Å²) in [4.78, 5) is 16.4. The fourth-order valence-corrected chi connectivity index (χ4v) is 2.21. The molecule has 2 rings (SSSR count). The van der Waals surface area contributed by atoms with Gasteiger partial charge in [0, 0.05) is 23.3 Å². The van der Waals surface area contributed by atoms with Gasteiger partial charge in [0.15, 0.2) is 0 Å². The van der Waals surface area contributed by atoms with E-state index in [-0.39, 0.29) is 11.9 Å². The minimum atomic E-state index is -0.131. The van der Waals surface area contributed by atoms with Crippen molar-refractivity contribution >= 4 is 17.5 Å². The van der Waals surface area contributed by atoms with Crippen LogP contribution in [-0.4, -0.2) is 10.9 Å². The van der Waals surface area contributed by atoms with Gasteiger partial charge in [-0.3, -0.25) is 9.78 Å². The Kier molecular flexibility index (Phi) is 5.31. The number of hydrogen-bond donors (Lipinski definition) is 2. The Morgan fingerprint density at radius 3 is 2.67 bits per heavy atom. The minimum Gasteiger partial charge on any atom is -0.345 e. The van der Waals surface area contributed by atoms with E-state index in [4.69, 9.17) is 17.3 Å².